The summed E-state index contributed by atoms with van der Waals surface area (Å²) in [6.45, 7) is 4.02. The number of ether oxygens (including phenoxy) is 1. The van der Waals surface area contributed by atoms with Crippen LogP contribution >= 0.6 is 0 Å². The first-order chi connectivity index (χ1) is 8.11. The predicted molar refractivity (Wildman–Crippen MR) is 65.7 cm³/mol. The van der Waals surface area contributed by atoms with Crippen molar-refractivity contribution in [1.82, 2.24) is 15.2 Å². The number of hydrogen-bond acceptors (Lipinski definition) is 5. The molecule has 0 amide bonds. The molecular formula is C12H14N4O. The van der Waals surface area contributed by atoms with Crippen LogP contribution in [0.25, 0.3) is 11.3 Å². The highest BCUT2D eigenvalue weighted by Gasteiger charge is 2.12. The van der Waals surface area contributed by atoms with Crippen molar-refractivity contribution in [3.05, 3.63) is 29.5 Å². The Hall–Kier alpha value is -2.17. The highest BCUT2D eigenvalue weighted by atomic mass is 16.5. The normalized spacial score (nSPS) is 10.3. The lowest BCUT2D eigenvalue weighted by molar-refractivity contribution is 0.415. The van der Waals surface area contributed by atoms with Crippen LogP contribution in [0.3, 0.4) is 0 Å². The average molecular weight is 230 g/mol. The van der Waals surface area contributed by atoms with Gasteiger partial charge in [-0.3, -0.25) is 0 Å². The zero-order valence-corrected chi connectivity index (χ0v) is 10.1. The zero-order chi connectivity index (χ0) is 12.4. The standard InChI is InChI=1S/C12H14N4O/c1-7-4-8(2)11(10(5-7)17-3)9-6-14-16-12(13)15-9/h4-6H,1-3H3,(H2,13,15,16). The van der Waals surface area contributed by atoms with Crippen molar-refractivity contribution in [3.63, 3.8) is 0 Å². The third-order valence-electron chi connectivity index (χ3n) is 2.49. The number of methoxy groups -OCH3 is 1. The number of nitrogens with two attached hydrogens (primary N) is 1. The van der Waals surface area contributed by atoms with Gasteiger partial charge in [-0.25, -0.2) is 4.98 Å². The molecule has 0 bridgehead atoms. The molecule has 2 N–H and O–H groups in total. The molecule has 5 heteroatoms. The van der Waals surface area contributed by atoms with Crippen LogP contribution in [0.15, 0.2) is 18.3 Å². The molecule has 0 aliphatic carbocycles. The second-order valence-corrected chi connectivity index (χ2v) is 3.86. The largest absolute Gasteiger partial charge is 0.496 e. The van der Waals surface area contributed by atoms with Gasteiger partial charge in [0, 0.05) is 5.56 Å². The third-order valence-corrected chi connectivity index (χ3v) is 2.49. The molecule has 2 rings (SSSR count). The number of aromatic nitrogens is 3. The zero-order valence-electron chi connectivity index (χ0n) is 10.1. The summed E-state index contributed by atoms with van der Waals surface area (Å²) in [7, 11) is 1.63. The van der Waals surface area contributed by atoms with Crippen molar-refractivity contribution in [3.8, 4) is 17.0 Å². The molecular weight excluding hydrogens is 216 g/mol. The molecule has 2 aromatic rings. The van der Waals surface area contributed by atoms with Crippen molar-refractivity contribution in [1.29, 1.82) is 0 Å². The van der Waals surface area contributed by atoms with E-state index in [9.17, 15) is 0 Å². The van der Waals surface area contributed by atoms with Crippen LogP contribution in [0.2, 0.25) is 0 Å². The van der Waals surface area contributed by atoms with Crippen LogP contribution in [0, 0.1) is 13.8 Å². The van der Waals surface area contributed by atoms with E-state index in [0.29, 0.717) is 5.69 Å². The summed E-state index contributed by atoms with van der Waals surface area (Å²) >= 11 is 0. The highest BCUT2D eigenvalue weighted by molar-refractivity contribution is 5.71. The maximum Gasteiger partial charge on any atom is 0.240 e. The number of benzene rings is 1. The third kappa shape index (κ3) is 2.18. The summed E-state index contributed by atoms with van der Waals surface area (Å²) in [6, 6.07) is 4.02. The first-order valence-electron chi connectivity index (χ1n) is 5.22. The Morgan fingerprint density at radius 3 is 2.65 bits per heavy atom. The van der Waals surface area contributed by atoms with Crippen molar-refractivity contribution in [2.24, 2.45) is 0 Å². The summed E-state index contributed by atoms with van der Waals surface area (Å²) in [4.78, 5) is 4.17. The van der Waals surface area contributed by atoms with Crippen LogP contribution in [0.5, 0.6) is 5.75 Å². The Morgan fingerprint density at radius 1 is 1.24 bits per heavy atom. The van der Waals surface area contributed by atoms with E-state index in [1.54, 1.807) is 13.3 Å². The summed E-state index contributed by atoms with van der Waals surface area (Å²) in [5, 5.41) is 7.45. The van der Waals surface area contributed by atoms with Gasteiger partial charge in [-0.05, 0) is 31.0 Å². The monoisotopic (exact) mass is 230 g/mol. The number of hydrogen-bond donors (Lipinski definition) is 1. The van der Waals surface area contributed by atoms with Gasteiger partial charge in [0.2, 0.25) is 5.95 Å². The van der Waals surface area contributed by atoms with Gasteiger partial charge in [0.05, 0.1) is 19.0 Å². The second-order valence-electron chi connectivity index (χ2n) is 3.86. The lowest BCUT2D eigenvalue weighted by Crippen LogP contribution is -2.00. The topological polar surface area (TPSA) is 73.9 Å². The van der Waals surface area contributed by atoms with E-state index < -0.39 is 0 Å². The van der Waals surface area contributed by atoms with E-state index in [1.807, 2.05) is 19.9 Å². The molecule has 5 nitrogen and oxygen atoms in total. The van der Waals surface area contributed by atoms with Crippen molar-refractivity contribution < 1.29 is 4.74 Å². The average Bonchev–Trinajstić information content (AvgIpc) is 2.27. The van der Waals surface area contributed by atoms with Crippen molar-refractivity contribution >= 4 is 5.95 Å². The molecule has 0 unspecified atom stereocenters. The molecule has 0 spiro atoms. The smallest absolute Gasteiger partial charge is 0.240 e. The Bertz CT molecular complexity index is 554. The summed E-state index contributed by atoms with van der Waals surface area (Å²) in [6.07, 6.45) is 1.58. The lowest BCUT2D eigenvalue weighted by Gasteiger charge is -2.12. The quantitative estimate of drug-likeness (QED) is 0.850. The van der Waals surface area contributed by atoms with Crippen LogP contribution in [-0.2, 0) is 0 Å². The first kappa shape index (κ1) is 11.3. The summed E-state index contributed by atoms with van der Waals surface area (Å²) in [5.74, 6) is 0.923. The van der Waals surface area contributed by atoms with E-state index in [-0.39, 0.29) is 5.95 Å². The minimum absolute atomic E-state index is 0.157. The van der Waals surface area contributed by atoms with Gasteiger partial charge in [-0.1, -0.05) is 6.07 Å². The van der Waals surface area contributed by atoms with Crippen LogP contribution in [0.4, 0.5) is 5.95 Å². The van der Waals surface area contributed by atoms with Gasteiger partial charge < -0.3 is 10.5 Å². The molecule has 17 heavy (non-hydrogen) atoms. The molecule has 0 fully saturated rings. The number of nitrogen functional groups attached to an aromatic ring is 1. The van der Waals surface area contributed by atoms with Gasteiger partial charge in [-0.2, -0.15) is 5.10 Å². The van der Waals surface area contributed by atoms with Crippen molar-refractivity contribution in [2.75, 3.05) is 12.8 Å². The Morgan fingerprint density at radius 2 is 2.00 bits per heavy atom. The van der Waals surface area contributed by atoms with E-state index in [0.717, 1.165) is 22.4 Å². The van der Waals surface area contributed by atoms with Crippen molar-refractivity contribution in [2.45, 2.75) is 13.8 Å². The van der Waals surface area contributed by atoms with Gasteiger partial charge in [-0.15, -0.1) is 5.10 Å². The van der Waals surface area contributed by atoms with Crippen LogP contribution < -0.4 is 10.5 Å². The molecule has 0 atom stereocenters. The number of nitrogens with zero attached hydrogens (tertiary/aromatic N) is 3. The Labute approximate surface area is 99.7 Å². The Balaban J connectivity index is 2.66. The van der Waals surface area contributed by atoms with Gasteiger partial charge in [0.1, 0.15) is 5.75 Å². The van der Waals surface area contributed by atoms with Crippen LogP contribution in [0.1, 0.15) is 11.1 Å². The van der Waals surface area contributed by atoms with E-state index in [1.165, 1.54) is 0 Å². The number of aryl methyl sites for hydroxylation is 2. The maximum atomic E-state index is 5.54. The Kier molecular flexibility index (Phi) is 2.91. The molecule has 1 heterocycles. The summed E-state index contributed by atoms with van der Waals surface area (Å²) < 4.78 is 5.37. The van der Waals surface area contributed by atoms with E-state index in [2.05, 4.69) is 21.2 Å². The number of anilines is 1. The molecule has 0 aliphatic heterocycles. The lowest BCUT2D eigenvalue weighted by atomic mass is 10.0. The van der Waals surface area contributed by atoms with E-state index >= 15 is 0 Å². The first-order valence-corrected chi connectivity index (χ1v) is 5.22. The summed E-state index contributed by atoms with van der Waals surface area (Å²) in [5.41, 5.74) is 9.33. The molecule has 1 aromatic carbocycles. The fourth-order valence-electron chi connectivity index (χ4n) is 1.86. The molecule has 1 aromatic heterocycles. The molecule has 0 radical (unpaired) electrons. The fraction of sp³-hybridized carbons (Fsp3) is 0.250. The van der Waals surface area contributed by atoms with E-state index in [4.69, 9.17) is 10.5 Å². The van der Waals surface area contributed by atoms with Gasteiger partial charge >= 0.3 is 0 Å². The fourth-order valence-corrected chi connectivity index (χ4v) is 1.86. The van der Waals surface area contributed by atoms with Crippen LogP contribution in [-0.4, -0.2) is 22.3 Å². The van der Waals surface area contributed by atoms with Gasteiger partial charge in [0.15, 0.2) is 0 Å². The predicted octanol–water partition coefficient (Wildman–Crippen LogP) is 1.75. The van der Waals surface area contributed by atoms with Gasteiger partial charge in [0.25, 0.3) is 0 Å². The SMILES string of the molecule is COc1cc(C)cc(C)c1-c1cnnc(N)n1. The number of rotatable bonds is 2. The molecule has 0 aliphatic rings. The minimum atomic E-state index is 0.157. The molecule has 0 saturated carbocycles. The maximum absolute atomic E-state index is 5.54. The highest BCUT2D eigenvalue weighted by Crippen LogP contribution is 2.32. The molecule has 88 valence electrons. The second kappa shape index (κ2) is 4.37. The molecule has 0 saturated heterocycles. The minimum Gasteiger partial charge on any atom is -0.496 e.